The van der Waals surface area contributed by atoms with Gasteiger partial charge in [-0.15, -0.1) is 0 Å². The minimum absolute atomic E-state index is 0.0275. The van der Waals surface area contributed by atoms with Crippen molar-refractivity contribution in [2.75, 3.05) is 13.7 Å². The van der Waals surface area contributed by atoms with Crippen molar-refractivity contribution in [2.24, 2.45) is 0 Å². The van der Waals surface area contributed by atoms with Crippen LogP contribution in [-0.4, -0.2) is 44.2 Å². The van der Waals surface area contributed by atoms with Gasteiger partial charge in [0.2, 0.25) is 0 Å². The van der Waals surface area contributed by atoms with E-state index in [1.54, 1.807) is 48.5 Å². The summed E-state index contributed by atoms with van der Waals surface area (Å²) in [5.74, 6) is -0.904. The number of carbonyl (C=O) groups is 2. The van der Waals surface area contributed by atoms with Gasteiger partial charge >= 0.3 is 11.9 Å². The summed E-state index contributed by atoms with van der Waals surface area (Å²) >= 11 is 0. The van der Waals surface area contributed by atoms with E-state index in [1.165, 1.54) is 7.11 Å². The molecule has 0 spiro atoms. The number of benzene rings is 2. The maximum absolute atomic E-state index is 12.3. The summed E-state index contributed by atoms with van der Waals surface area (Å²) in [5.41, 5.74) is 0.903. The molecule has 136 valence electrons. The summed E-state index contributed by atoms with van der Waals surface area (Å²) < 4.78 is 21.7. The predicted octanol–water partition coefficient (Wildman–Crippen LogP) is 2.83. The second-order valence-electron chi connectivity index (χ2n) is 5.85. The van der Waals surface area contributed by atoms with Crippen LogP contribution in [0.25, 0.3) is 0 Å². The molecule has 2 aromatic rings. The van der Waals surface area contributed by atoms with E-state index in [4.69, 9.17) is 18.9 Å². The van der Waals surface area contributed by atoms with Crippen molar-refractivity contribution in [1.29, 1.82) is 0 Å². The molecule has 0 N–H and O–H groups in total. The SMILES string of the molecule is COC1C[C@H](OC(=O)c2ccccc2)[C@@H](COC(=O)c2ccccc2)O1. The van der Waals surface area contributed by atoms with Crippen LogP contribution in [0.5, 0.6) is 0 Å². The van der Waals surface area contributed by atoms with Gasteiger partial charge < -0.3 is 18.9 Å². The van der Waals surface area contributed by atoms with Gasteiger partial charge in [0.05, 0.1) is 11.1 Å². The Hall–Kier alpha value is -2.70. The zero-order valence-corrected chi connectivity index (χ0v) is 14.4. The Morgan fingerprint density at radius 1 is 0.962 bits per heavy atom. The van der Waals surface area contributed by atoms with E-state index in [1.807, 2.05) is 12.1 Å². The van der Waals surface area contributed by atoms with Crippen LogP contribution in [0, 0.1) is 0 Å². The zero-order chi connectivity index (χ0) is 18.4. The van der Waals surface area contributed by atoms with Gasteiger partial charge in [-0.2, -0.15) is 0 Å². The summed E-state index contributed by atoms with van der Waals surface area (Å²) in [4.78, 5) is 24.4. The third-order valence-electron chi connectivity index (χ3n) is 4.08. The number of ether oxygens (including phenoxy) is 4. The molecule has 1 fully saturated rings. The van der Waals surface area contributed by atoms with Gasteiger partial charge in [-0.05, 0) is 24.3 Å². The molecule has 1 saturated heterocycles. The van der Waals surface area contributed by atoms with Crippen LogP contribution in [0.2, 0.25) is 0 Å². The van der Waals surface area contributed by atoms with Crippen molar-refractivity contribution in [3.05, 3.63) is 71.8 Å². The Bertz CT molecular complexity index is 730. The van der Waals surface area contributed by atoms with Gasteiger partial charge in [0.15, 0.2) is 6.29 Å². The Labute approximate surface area is 151 Å². The molecule has 1 aliphatic heterocycles. The molecule has 0 radical (unpaired) electrons. The molecule has 6 heteroatoms. The van der Waals surface area contributed by atoms with E-state index >= 15 is 0 Å². The first kappa shape index (κ1) is 18.1. The van der Waals surface area contributed by atoms with Crippen LogP contribution in [0.3, 0.4) is 0 Å². The predicted molar refractivity (Wildman–Crippen MR) is 92.7 cm³/mol. The minimum Gasteiger partial charge on any atom is -0.459 e. The lowest BCUT2D eigenvalue weighted by Gasteiger charge is -2.18. The van der Waals surface area contributed by atoms with E-state index in [0.29, 0.717) is 17.5 Å². The maximum Gasteiger partial charge on any atom is 0.338 e. The second kappa shape index (κ2) is 8.60. The van der Waals surface area contributed by atoms with Crippen molar-refractivity contribution < 1.29 is 28.5 Å². The third-order valence-corrected chi connectivity index (χ3v) is 4.08. The quantitative estimate of drug-likeness (QED) is 0.741. The normalized spacial score (nSPS) is 22.0. The van der Waals surface area contributed by atoms with Crippen molar-refractivity contribution in [3.63, 3.8) is 0 Å². The molecule has 1 heterocycles. The van der Waals surface area contributed by atoms with Gasteiger partial charge in [-0.25, -0.2) is 9.59 Å². The molecule has 0 amide bonds. The van der Waals surface area contributed by atoms with Crippen LogP contribution < -0.4 is 0 Å². The van der Waals surface area contributed by atoms with Crippen LogP contribution in [-0.2, 0) is 18.9 Å². The number of rotatable bonds is 6. The third kappa shape index (κ3) is 4.47. The smallest absolute Gasteiger partial charge is 0.338 e. The van der Waals surface area contributed by atoms with Crippen molar-refractivity contribution in [3.8, 4) is 0 Å². The fourth-order valence-corrected chi connectivity index (χ4v) is 2.70. The van der Waals surface area contributed by atoms with Crippen molar-refractivity contribution in [2.45, 2.75) is 24.9 Å². The highest BCUT2D eigenvalue weighted by atomic mass is 16.7. The second-order valence-corrected chi connectivity index (χ2v) is 5.85. The molecule has 3 rings (SSSR count). The van der Waals surface area contributed by atoms with Crippen LogP contribution in [0.15, 0.2) is 60.7 Å². The largest absolute Gasteiger partial charge is 0.459 e. The highest BCUT2D eigenvalue weighted by molar-refractivity contribution is 5.90. The zero-order valence-electron chi connectivity index (χ0n) is 14.4. The van der Waals surface area contributed by atoms with Gasteiger partial charge in [0.25, 0.3) is 0 Å². The lowest BCUT2D eigenvalue weighted by Crippen LogP contribution is -2.32. The molecule has 2 aromatic carbocycles. The Morgan fingerprint density at radius 3 is 2.12 bits per heavy atom. The topological polar surface area (TPSA) is 71.1 Å². The lowest BCUT2D eigenvalue weighted by atomic mass is 10.1. The summed E-state index contributed by atoms with van der Waals surface area (Å²) in [6.45, 7) is -0.0275. The van der Waals surface area contributed by atoms with Crippen LogP contribution in [0.1, 0.15) is 27.1 Å². The molecule has 1 unspecified atom stereocenters. The van der Waals surface area contributed by atoms with E-state index in [2.05, 4.69) is 0 Å². The molecule has 26 heavy (non-hydrogen) atoms. The van der Waals surface area contributed by atoms with Gasteiger partial charge in [-0.1, -0.05) is 36.4 Å². The molecule has 0 aromatic heterocycles. The molecule has 3 atom stereocenters. The van der Waals surface area contributed by atoms with E-state index in [9.17, 15) is 9.59 Å². The number of esters is 2. The van der Waals surface area contributed by atoms with Crippen LogP contribution in [0.4, 0.5) is 0 Å². The first-order valence-corrected chi connectivity index (χ1v) is 8.34. The number of hydrogen-bond acceptors (Lipinski definition) is 6. The highest BCUT2D eigenvalue weighted by Gasteiger charge is 2.39. The van der Waals surface area contributed by atoms with Gasteiger partial charge in [0.1, 0.15) is 18.8 Å². The van der Waals surface area contributed by atoms with Gasteiger partial charge in [-0.3, -0.25) is 0 Å². The maximum atomic E-state index is 12.3. The molecular weight excluding hydrogens is 336 g/mol. The average Bonchev–Trinajstić information content (AvgIpc) is 3.09. The lowest BCUT2D eigenvalue weighted by molar-refractivity contribution is -0.128. The van der Waals surface area contributed by atoms with Crippen LogP contribution >= 0.6 is 0 Å². The molecule has 0 bridgehead atoms. The molecule has 1 aliphatic rings. The first-order chi connectivity index (χ1) is 12.7. The summed E-state index contributed by atoms with van der Waals surface area (Å²) in [6.07, 6.45) is -1.27. The summed E-state index contributed by atoms with van der Waals surface area (Å²) in [5, 5.41) is 0. The Kier molecular flexibility index (Phi) is 5.99. The Balaban J connectivity index is 1.60. The van der Waals surface area contributed by atoms with Gasteiger partial charge in [0, 0.05) is 13.5 Å². The number of methoxy groups -OCH3 is 1. The molecular formula is C20H20O6. The van der Waals surface area contributed by atoms with E-state index in [0.717, 1.165) is 0 Å². The highest BCUT2D eigenvalue weighted by Crippen LogP contribution is 2.25. The number of carbonyl (C=O) groups excluding carboxylic acids is 2. The van der Waals surface area contributed by atoms with E-state index < -0.39 is 30.4 Å². The fourth-order valence-electron chi connectivity index (χ4n) is 2.70. The van der Waals surface area contributed by atoms with E-state index in [-0.39, 0.29) is 6.61 Å². The molecule has 0 aliphatic carbocycles. The summed E-state index contributed by atoms with van der Waals surface area (Å²) in [6, 6.07) is 17.4. The summed E-state index contributed by atoms with van der Waals surface area (Å²) in [7, 11) is 1.51. The minimum atomic E-state index is -0.583. The van der Waals surface area contributed by atoms with Crippen molar-refractivity contribution in [1.82, 2.24) is 0 Å². The standard InChI is InChI=1S/C20H20O6/c1-23-18-12-16(26-20(22)15-10-6-3-7-11-15)17(25-18)13-24-19(21)14-8-4-2-5-9-14/h2-11,16-18H,12-13H2,1H3/t16-,17+,18?/m0/s1. The number of hydrogen-bond donors (Lipinski definition) is 0. The monoisotopic (exact) mass is 356 g/mol. The average molecular weight is 356 g/mol. The first-order valence-electron chi connectivity index (χ1n) is 8.34. The fraction of sp³-hybridized carbons (Fsp3) is 0.300. The molecule has 0 saturated carbocycles. The van der Waals surface area contributed by atoms with Crippen molar-refractivity contribution >= 4 is 11.9 Å². The Morgan fingerprint density at radius 2 is 1.54 bits per heavy atom. The molecule has 6 nitrogen and oxygen atoms in total.